The third-order valence-electron chi connectivity index (χ3n) is 4.18. The minimum atomic E-state index is 0.569. The SMILES string of the molecule is CCC/C(NC)=C1/C(=N)CCc2cnc(Nc3ccccc3)nc21. The van der Waals surface area contributed by atoms with E-state index in [1.807, 2.05) is 43.6 Å². The molecular formula is C19H23N5. The van der Waals surface area contributed by atoms with Crippen molar-refractivity contribution in [3.05, 3.63) is 53.5 Å². The van der Waals surface area contributed by atoms with Gasteiger partial charge >= 0.3 is 0 Å². The topological polar surface area (TPSA) is 73.7 Å². The van der Waals surface area contributed by atoms with Crippen LogP contribution in [0.25, 0.3) is 5.57 Å². The lowest BCUT2D eigenvalue weighted by molar-refractivity contribution is 0.815. The van der Waals surface area contributed by atoms with Gasteiger partial charge in [0.25, 0.3) is 0 Å². The predicted octanol–water partition coefficient (Wildman–Crippen LogP) is 3.92. The number of para-hydroxylation sites is 1. The second kappa shape index (κ2) is 7.25. The molecule has 1 heterocycles. The second-order valence-electron chi connectivity index (χ2n) is 5.89. The van der Waals surface area contributed by atoms with Gasteiger partial charge in [-0.05, 0) is 37.0 Å². The maximum atomic E-state index is 8.40. The molecular weight excluding hydrogens is 298 g/mol. The first kappa shape index (κ1) is 16.2. The van der Waals surface area contributed by atoms with Crippen molar-refractivity contribution in [3.8, 4) is 0 Å². The third-order valence-corrected chi connectivity index (χ3v) is 4.18. The molecule has 0 fully saturated rings. The van der Waals surface area contributed by atoms with Crippen molar-refractivity contribution in [3.63, 3.8) is 0 Å². The van der Waals surface area contributed by atoms with Crippen molar-refractivity contribution in [2.75, 3.05) is 12.4 Å². The maximum absolute atomic E-state index is 8.40. The first-order valence-electron chi connectivity index (χ1n) is 8.40. The summed E-state index contributed by atoms with van der Waals surface area (Å²) in [5.74, 6) is 0.569. The fraction of sp³-hybridized carbons (Fsp3) is 0.316. The monoisotopic (exact) mass is 321 g/mol. The van der Waals surface area contributed by atoms with Gasteiger partial charge in [-0.15, -0.1) is 0 Å². The van der Waals surface area contributed by atoms with Gasteiger partial charge in [0.2, 0.25) is 5.95 Å². The lowest BCUT2D eigenvalue weighted by Crippen LogP contribution is -2.20. The molecule has 1 aromatic heterocycles. The van der Waals surface area contributed by atoms with Gasteiger partial charge in [-0.25, -0.2) is 9.97 Å². The molecule has 0 spiro atoms. The van der Waals surface area contributed by atoms with Gasteiger partial charge in [0.05, 0.1) is 5.69 Å². The lowest BCUT2D eigenvalue weighted by Gasteiger charge is -2.23. The van der Waals surface area contributed by atoms with E-state index in [9.17, 15) is 0 Å². The molecule has 0 radical (unpaired) electrons. The van der Waals surface area contributed by atoms with Crippen LogP contribution in [0.1, 0.15) is 37.4 Å². The highest BCUT2D eigenvalue weighted by Gasteiger charge is 2.24. The van der Waals surface area contributed by atoms with Crippen molar-refractivity contribution < 1.29 is 0 Å². The number of nitrogens with zero attached hydrogens (tertiary/aromatic N) is 2. The van der Waals surface area contributed by atoms with Gasteiger partial charge in [0, 0.05) is 35.9 Å². The zero-order valence-corrected chi connectivity index (χ0v) is 14.2. The van der Waals surface area contributed by atoms with Crippen molar-refractivity contribution >= 4 is 22.9 Å². The van der Waals surface area contributed by atoms with Crippen molar-refractivity contribution in [1.82, 2.24) is 15.3 Å². The van der Waals surface area contributed by atoms with Crippen molar-refractivity contribution in [2.45, 2.75) is 32.6 Å². The first-order valence-corrected chi connectivity index (χ1v) is 8.40. The smallest absolute Gasteiger partial charge is 0.227 e. The van der Waals surface area contributed by atoms with Gasteiger partial charge in [0.15, 0.2) is 0 Å². The lowest BCUT2D eigenvalue weighted by atomic mass is 9.88. The molecule has 0 amide bonds. The van der Waals surface area contributed by atoms with Crippen LogP contribution in [0, 0.1) is 5.41 Å². The predicted molar refractivity (Wildman–Crippen MR) is 98.7 cm³/mol. The van der Waals surface area contributed by atoms with E-state index in [1.54, 1.807) is 0 Å². The normalized spacial score (nSPS) is 15.7. The highest BCUT2D eigenvalue weighted by Crippen LogP contribution is 2.30. The number of anilines is 2. The molecule has 1 aliphatic carbocycles. The molecule has 5 nitrogen and oxygen atoms in total. The largest absolute Gasteiger partial charge is 0.391 e. The van der Waals surface area contributed by atoms with Gasteiger partial charge in [-0.2, -0.15) is 0 Å². The molecule has 1 aromatic carbocycles. The Morgan fingerprint density at radius 3 is 2.71 bits per heavy atom. The Morgan fingerprint density at radius 2 is 2.00 bits per heavy atom. The standard InChI is InChI=1S/C19H23N5/c1-3-7-16(21-2)17-15(20)11-10-13-12-22-19(24-18(13)17)23-14-8-5-4-6-9-14/h4-6,8-9,12,20-21H,3,7,10-11H2,1-2H3,(H,22,23,24)/b17-16+,20-15?. The summed E-state index contributed by atoms with van der Waals surface area (Å²) < 4.78 is 0. The zero-order valence-electron chi connectivity index (χ0n) is 14.2. The third kappa shape index (κ3) is 3.30. The minimum absolute atomic E-state index is 0.569. The summed E-state index contributed by atoms with van der Waals surface area (Å²) in [6, 6.07) is 9.89. The number of aryl methyl sites for hydroxylation is 1. The van der Waals surface area contributed by atoms with Crippen LogP contribution in [-0.4, -0.2) is 22.7 Å². The van der Waals surface area contributed by atoms with E-state index < -0.39 is 0 Å². The summed E-state index contributed by atoms with van der Waals surface area (Å²) in [6.45, 7) is 2.15. The number of nitrogens with one attached hydrogen (secondary N) is 3. The van der Waals surface area contributed by atoms with E-state index >= 15 is 0 Å². The van der Waals surface area contributed by atoms with E-state index in [-0.39, 0.29) is 0 Å². The number of fused-ring (bicyclic) bond motifs is 1. The van der Waals surface area contributed by atoms with Crippen LogP contribution < -0.4 is 10.6 Å². The number of hydrogen-bond acceptors (Lipinski definition) is 5. The van der Waals surface area contributed by atoms with Crippen LogP contribution in [0.3, 0.4) is 0 Å². The van der Waals surface area contributed by atoms with Gasteiger partial charge < -0.3 is 16.0 Å². The Balaban J connectivity index is 2.02. The molecule has 124 valence electrons. The Bertz CT molecular complexity index is 765. The van der Waals surface area contributed by atoms with E-state index in [2.05, 4.69) is 22.5 Å². The molecule has 0 saturated heterocycles. The number of aromatic nitrogens is 2. The summed E-state index contributed by atoms with van der Waals surface area (Å²) in [5.41, 5.74) is 5.65. The fourth-order valence-corrected chi connectivity index (χ4v) is 2.99. The van der Waals surface area contributed by atoms with Crippen molar-refractivity contribution in [1.29, 1.82) is 5.41 Å². The van der Waals surface area contributed by atoms with E-state index in [0.29, 0.717) is 11.7 Å². The Morgan fingerprint density at radius 1 is 1.21 bits per heavy atom. The molecule has 0 atom stereocenters. The van der Waals surface area contributed by atoms with Crippen LogP contribution in [0.15, 0.2) is 42.2 Å². The highest BCUT2D eigenvalue weighted by molar-refractivity contribution is 6.24. The molecule has 0 bridgehead atoms. The van der Waals surface area contributed by atoms with E-state index in [4.69, 9.17) is 10.4 Å². The number of hydrogen-bond donors (Lipinski definition) is 3. The molecule has 2 aromatic rings. The molecule has 5 heteroatoms. The van der Waals surface area contributed by atoms with Crippen LogP contribution in [0.5, 0.6) is 0 Å². The average Bonchev–Trinajstić information content (AvgIpc) is 2.61. The summed E-state index contributed by atoms with van der Waals surface area (Å²) in [6.07, 6.45) is 5.40. The number of allylic oxidation sites excluding steroid dienone is 2. The summed E-state index contributed by atoms with van der Waals surface area (Å²) in [4.78, 5) is 9.17. The van der Waals surface area contributed by atoms with Gasteiger partial charge in [-0.3, -0.25) is 0 Å². The van der Waals surface area contributed by atoms with E-state index in [1.165, 1.54) is 0 Å². The number of benzene rings is 1. The molecule has 0 unspecified atom stereocenters. The maximum Gasteiger partial charge on any atom is 0.227 e. The minimum Gasteiger partial charge on any atom is -0.391 e. The highest BCUT2D eigenvalue weighted by atomic mass is 15.1. The number of rotatable bonds is 5. The molecule has 3 rings (SSSR count). The fourth-order valence-electron chi connectivity index (χ4n) is 2.99. The second-order valence-corrected chi connectivity index (χ2v) is 5.89. The molecule has 0 saturated carbocycles. The Kier molecular flexibility index (Phi) is 4.89. The van der Waals surface area contributed by atoms with Crippen molar-refractivity contribution in [2.24, 2.45) is 0 Å². The van der Waals surface area contributed by atoms with Gasteiger partial charge in [-0.1, -0.05) is 31.5 Å². The molecule has 24 heavy (non-hydrogen) atoms. The summed E-state index contributed by atoms with van der Waals surface area (Å²) in [7, 11) is 1.92. The first-order chi connectivity index (χ1) is 11.7. The van der Waals surface area contributed by atoms with Crippen LogP contribution >= 0.6 is 0 Å². The summed E-state index contributed by atoms with van der Waals surface area (Å²) in [5, 5.41) is 14.9. The van der Waals surface area contributed by atoms with E-state index in [0.717, 1.165) is 53.9 Å². The molecule has 3 N–H and O–H groups in total. The molecule has 1 aliphatic rings. The summed E-state index contributed by atoms with van der Waals surface area (Å²) >= 11 is 0. The average molecular weight is 321 g/mol. The van der Waals surface area contributed by atoms with Gasteiger partial charge in [0.1, 0.15) is 0 Å². The Labute approximate surface area is 142 Å². The van der Waals surface area contributed by atoms with Crippen LogP contribution in [0.2, 0.25) is 0 Å². The zero-order chi connectivity index (χ0) is 16.9. The molecule has 0 aliphatic heterocycles. The quantitative estimate of drug-likeness (QED) is 0.780. The van der Waals surface area contributed by atoms with Crippen LogP contribution in [0.4, 0.5) is 11.6 Å². The Hall–Kier alpha value is -2.69. The van der Waals surface area contributed by atoms with Crippen LogP contribution in [-0.2, 0) is 6.42 Å².